The van der Waals surface area contributed by atoms with E-state index in [-0.39, 0.29) is 23.1 Å². The lowest BCUT2D eigenvalue weighted by molar-refractivity contribution is -0.705. The fraction of sp³-hybridized carbons (Fsp3) is 0.615. The summed E-state index contributed by atoms with van der Waals surface area (Å²) in [7, 11) is 0. The van der Waals surface area contributed by atoms with Crippen molar-refractivity contribution < 1.29 is 31.0 Å². The standard InChI is InChI=1S/C13H20NO2.BrH/c1-2-12-5-3-4-7-14(12)8-6-13-11-15-9-10-16-13;/h3-5,7,13H,2,6,8-11H2,1H3;1H/q+1;/p-1. The first-order valence-electron chi connectivity index (χ1n) is 6.07. The number of hydrogen-bond donors (Lipinski definition) is 0. The molecule has 0 spiro atoms. The fourth-order valence-corrected chi connectivity index (χ4v) is 2.04. The third-order valence-corrected chi connectivity index (χ3v) is 2.97. The Balaban J connectivity index is 0.00000144. The van der Waals surface area contributed by atoms with Crippen molar-refractivity contribution in [2.45, 2.75) is 32.4 Å². The van der Waals surface area contributed by atoms with E-state index < -0.39 is 0 Å². The van der Waals surface area contributed by atoms with Gasteiger partial charge in [-0.15, -0.1) is 0 Å². The van der Waals surface area contributed by atoms with Gasteiger partial charge < -0.3 is 26.5 Å². The van der Waals surface area contributed by atoms with Crippen molar-refractivity contribution in [3.63, 3.8) is 0 Å². The molecule has 1 fully saturated rings. The monoisotopic (exact) mass is 301 g/mol. The molecule has 1 aliphatic heterocycles. The smallest absolute Gasteiger partial charge is 0.181 e. The molecule has 1 aromatic rings. The first-order chi connectivity index (χ1) is 7.90. The molecule has 0 aliphatic carbocycles. The van der Waals surface area contributed by atoms with Crippen molar-refractivity contribution in [2.75, 3.05) is 19.8 Å². The normalized spacial score (nSPS) is 19.7. The minimum absolute atomic E-state index is 0. The first-order valence-corrected chi connectivity index (χ1v) is 6.07. The Morgan fingerprint density at radius 2 is 2.24 bits per heavy atom. The van der Waals surface area contributed by atoms with Crippen LogP contribution in [0.4, 0.5) is 0 Å². The maximum Gasteiger partial charge on any atom is 0.181 e. The Hall–Kier alpha value is -0.450. The van der Waals surface area contributed by atoms with Gasteiger partial charge in [-0.2, -0.15) is 0 Å². The van der Waals surface area contributed by atoms with Gasteiger partial charge in [0, 0.05) is 25.0 Å². The van der Waals surface area contributed by atoms with Crippen molar-refractivity contribution in [1.82, 2.24) is 0 Å². The molecule has 0 saturated carbocycles. The predicted molar refractivity (Wildman–Crippen MR) is 61.2 cm³/mol. The fourth-order valence-electron chi connectivity index (χ4n) is 2.04. The molecule has 3 nitrogen and oxygen atoms in total. The zero-order chi connectivity index (χ0) is 11.2. The molecule has 96 valence electrons. The van der Waals surface area contributed by atoms with Gasteiger partial charge in [-0.1, -0.05) is 13.0 Å². The van der Waals surface area contributed by atoms with Crippen LogP contribution in [0.2, 0.25) is 0 Å². The predicted octanol–water partition coefficient (Wildman–Crippen LogP) is -1.65. The highest BCUT2D eigenvalue weighted by Gasteiger charge is 2.17. The molecule has 1 unspecified atom stereocenters. The minimum atomic E-state index is 0. The highest BCUT2D eigenvalue weighted by atomic mass is 79.9. The molecule has 1 aromatic heterocycles. The SMILES string of the molecule is CCc1cccc[n+]1CCC1COCCO1.[Br-]. The van der Waals surface area contributed by atoms with E-state index >= 15 is 0 Å². The Morgan fingerprint density at radius 1 is 1.35 bits per heavy atom. The molecule has 0 radical (unpaired) electrons. The summed E-state index contributed by atoms with van der Waals surface area (Å²) in [5, 5.41) is 0. The van der Waals surface area contributed by atoms with E-state index in [4.69, 9.17) is 9.47 Å². The van der Waals surface area contributed by atoms with Gasteiger partial charge in [0.25, 0.3) is 0 Å². The molecule has 0 amide bonds. The van der Waals surface area contributed by atoms with Crippen molar-refractivity contribution in [3.8, 4) is 0 Å². The average molecular weight is 302 g/mol. The lowest BCUT2D eigenvalue weighted by Gasteiger charge is -2.21. The van der Waals surface area contributed by atoms with Crippen LogP contribution in [0.15, 0.2) is 24.4 Å². The topological polar surface area (TPSA) is 22.3 Å². The van der Waals surface area contributed by atoms with Crippen LogP contribution >= 0.6 is 0 Å². The largest absolute Gasteiger partial charge is 1.00 e. The van der Waals surface area contributed by atoms with Crippen LogP contribution in [0.3, 0.4) is 0 Å². The first kappa shape index (κ1) is 14.6. The highest BCUT2D eigenvalue weighted by Crippen LogP contribution is 2.05. The Labute approximate surface area is 114 Å². The van der Waals surface area contributed by atoms with Crippen LogP contribution in [0.1, 0.15) is 19.0 Å². The van der Waals surface area contributed by atoms with Crippen molar-refractivity contribution >= 4 is 0 Å². The second-order valence-electron chi connectivity index (χ2n) is 4.10. The molecule has 17 heavy (non-hydrogen) atoms. The average Bonchev–Trinajstić information content (AvgIpc) is 2.38. The number of rotatable bonds is 4. The Kier molecular flexibility index (Phi) is 6.70. The number of ether oxygens (including phenoxy) is 2. The van der Waals surface area contributed by atoms with E-state index in [2.05, 4.69) is 35.9 Å². The van der Waals surface area contributed by atoms with Gasteiger partial charge >= 0.3 is 0 Å². The molecule has 4 heteroatoms. The number of aryl methyl sites for hydroxylation is 2. The lowest BCUT2D eigenvalue weighted by atomic mass is 10.2. The van der Waals surface area contributed by atoms with E-state index in [0.29, 0.717) is 0 Å². The second kappa shape index (κ2) is 7.80. The van der Waals surface area contributed by atoms with Crippen LogP contribution < -0.4 is 21.5 Å². The van der Waals surface area contributed by atoms with Gasteiger partial charge in [-0.25, -0.2) is 4.57 Å². The van der Waals surface area contributed by atoms with Crippen LogP contribution in [0.5, 0.6) is 0 Å². The number of aromatic nitrogens is 1. The van der Waals surface area contributed by atoms with Crippen LogP contribution in [0, 0.1) is 0 Å². The Morgan fingerprint density at radius 3 is 2.94 bits per heavy atom. The second-order valence-corrected chi connectivity index (χ2v) is 4.10. The molecule has 0 N–H and O–H groups in total. The maximum absolute atomic E-state index is 5.63. The molecule has 1 atom stereocenters. The van der Waals surface area contributed by atoms with E-state index in [1.54, 1.807) is 0 Å². The third-order valence-electron chi connectivity index (χ3n) is 2.97. The van der Waals surface area contributed by atoms with Crippen LogP contribution in [-0.2, 0) is 22.4 Å². The van der Waals surface area contributed by atoms with Crippen molar-refractivity contribution in [1.29, 1.82) is 0 Å². The quantitative estimate of drug-likeness (QED) is 0.622. The number of pyridine rings is 1. The van der Waals surface area contributed by atoms with Gasteiger partial charge in [0.2, 0.25) is 0 Å². The molecule has 2 heterocycles. The van der Waals surface area contributed by atoms with Gasteiger partial charge in [-0.05, 0) is 0 Å². The van der Waals surface area contributed by atoms with Crippen molar-refractivity contribution in [3.05, 3.63) is 30.1 Å². The molecular formula is C13H20BrNO2. The molecule has 0 bridgehead atoms. The zero-order valence-electron chi connectivity index (χ0n) is 10.3. The molecule has 0 aromatic carbocycles. The van der Waals surface area contributed by atoms with E-state index in [1.165, 1.54) is 5.69 Å². The number of hydrogen-bond acceptors (Lipinski definition) is 2. The summed E-state index contributed by atoms with van der Waals surface area (Å²) in [6.45, 7) is 5.43. The summed E-state index contributed by atoms with van der Waals surface area (Å²) in [5.74, 6) is 0. The summed E-state index contributed by atoms with van der Waals surface area (Å²) in [6.07, 6.45) is 4.51. The molecule has 2 rings (SSSR count). The van der Waals surface area contributed by atoms with Gasteiger partial charge in [-0.3, -0.25) is 0 Å². The molecular weight excluding hydrogens is 282 g/mol. The summed E-state index contributed by atoms with van der Waals surface area (Å²) >= 11 is 0. The maximum atomic E-state index is 5.63. The molecule has 1 saturated heterocycles. The lowest BCUT2D eigenvalue weighted by Crippen LogP contribution is -3.00. The summed E-state index contributed by atoms with van der Waals surface area (Å²) in [4.78, 5) is 0. The van der Waals surface area contributed by atoms with Gasteiger partial charge in [0.15, 0.2) is 18.4 Å². The van der Waals surface area contributed by atoms with Crippen LogP contribution in [0.25, 0.3) is 0 Å². The number of halogens is 1. The van der Waals surface area contributed by atoms with Crippen LogP contribution in [-0.4, -0.2) is 25.9 Å². The van der Waals surface area contributed by atoms with Gasteiger partial charge in [0.1, 0.15) is 0 Å². The van der Waals surface area contributed by atoms with Crippen molar-refractivity contribution in [2.24, 2.45) is 0 Å². The summed E-state index contributed by atoms with van der Waals surface area (Å²) < 4.78 is 13.3. The third kappa shape index (κ3) is 4.37. The zero-order valence-corrected chi connectivity index (χ0v) is 11.9. The highest BCUT2D eigenvalue weighted by molar-refractivity contribution is 4.96. The summed E-state index contributed by atoms with van der Waals surface area (Å²) in [5.41, 5.74) is 1.37. The Bertz CT molecular complexity index is 327. The van der Waals surface area contributed by atoms with E-state index in [9.17, 15) is 0 Å². The van der Waals surface area contributed by atoms with E-state index in [1.807, 2.05) is 0 Å². The minimum Gasteiger partial charge on any atom is -1.00 e. The number of nitrogens with zero attached hydrogens (tertiary/aromatic N) is 1. The summed E-state index contributed by atoms with van der Waals surface area (Å²) in [6, 6.07) is 6.35. The van der Waals surface area contributed by atoms with Gasteiger partial charge in [0.05, 0.1) is 25.9 Å². The molecule has 1 aliphatic rings. The van der Waals surface area contributed by atoms with E-state index in [0.717, 1.165) is 39.2 Å².